The number of rotatable bonds is 1. The van der Waals surface area contributed by atoms with Crippen LogP contribution < -0.4 is 11.2 Å². The van der Waals surface area contributed by atoms with E-state index in [1.54, 1.807) is 0 Å². The summed E-state index contributed by atoms with van der Waals surface area (Å²) in [7, 11) is 0. The van der Waals surface area contributed by atoms with Gasteiger partial charge in [0.2, 0.25) is 11.3 Å². The molecule has 0 radical (unpaired) electrons. The summed E-state index contributed by atoms with van der Waals surface area (Å²) in [6.45, 7) is 4.00. The number of phenolic OH excluding ortho intramolecular Hbond substituents is 2. The van der Waals surface area contributed by atoms with Crippen molar-refractivity contribution >= 4 is 16.7 Å². The summed E-state index contributed by atoms with van der Waals surface area (Å²) in [5.74, 6) is -5.10. The zero-order valence-electron chi connectivity index (χ0n) is 11.3. The average molecular weight is 295 g/mol. The van der Waals surface area contributed by atoms with Crippen molar-refractivity contribution < 1.29 is 24.5 Å². The SMILES string of the molecule is CC.NC(=O)c1cc(O)c(=O)c2c(O)c(O)c(F)cc2c1. The summed E-state index contributed by atoms with van der Waals surface area (Å²) >= 11 is 0. The minimum atomic E-state index is -1.18. The molecule has 0 aliphatic heterocycles. The first-order chi connectivity index (χ1) is 9.82. The first kappa shape index (κ1) is 16.2. The van der Waals surface area contributed by atoms with Crippen molar-refractivity contribution in [2.45, 2.75) is 13.8 Å². The monoisotopic (exact) mass is 295 g/mol. The number of halogens is 1. The van der Waals surface area contributed by atoms with E-state index in [1.165, 1.54) is 0 Å². The first-order valence-electron chi connectivity index (χ1n) is 6.04. The fraction of sp³-hybridized carbons (Fsp3) is 0.143. The summed E-state index contributed by atoms with van der Waals surface area (Å²) in [6, 6.07) is 2.58. The minimum Gasteiger partial charge on any atom is -0.504 e. The van der Waals surface area contributed by atoms with Crippen LogP contribution in [0.1, 0.15) is 24.2 Å². The highest BCUT2D eigenvalue weighted by Crippen LogP contribution is 2.34. The molecule has 0 unspecified atom stereocenters. The number of carbonyl (C=O) groups excluding carboxylic acids is 1. The summed E-state index contributed by atoms with van der Waals surface area (Å²) in [5, 5.41) is 27.6. The maximum Gasteiger partial charge on any atom is 0.248 e. The fourth-order valence-electron chi connectivity index (χ4n) is 1.69. The molecule has 0 aliphatic carbocycles. The first-order valence-corrected chi connectivity index (χ1v) is 6.04. The van der Waals surface area contributed by atoms with Gasteiger partial charge in [-0.25, -0.2) is 4.39 Å². The van der Waals surface area contributed by atoms with Crippen LogP contribution in [0, 0.1) is 5.82 Å². The molecule has 6 nitrogen and oxygen atoms in total. The Morgan fingerprint density at radius 3 is 2.19 bits per heavy atom. The minimum absolute atomic E-state index is 0.174. The summed E-state index contributed by atoms with van der Waals surface area (Å²) < 4.78 is 13.3. The van der Waals surface area contributed by atoms with E-state index < -0.39 is 39.8 Å². The molecule has 2 aromatic rings. The second kappa shape index (κ2) is 6.08. The van der Waals surface area contributed by atoms with Crippen LogP contribution in [0.3, 0.4) is 0 Å². The number of phenols is 2. The van der Waals surface area contributed by atoms with Crippen LogP contribution in [-0.4, -0.2) is 21.2 Å². The normalized spacial score (nSPS) is 9.86. The van der Waals surface area contributed by atoms with Crippen LogP contribution in [0.15, 0.2) is 23.0 Å². The van der Waals surface area contributed by atoms with Crippen LogP contribution >= 0.6 is 0 Å². The third-order valence-corrected chi connectivity index (χ3v) is 2.61. The number of hydrogen-bond donors (Lipinski definition) is 4. The molecule has 0 bridgehead atoms. The van der Waals surface area contributed by atoms with Crippen molar-refractivity contribution in [3.8, 4) is 17.2 Å². The highest BCUT2D eigenvalue weighted by Gasteiger charge is 2.17. The highest BCUT2D eigenvalue weighted by atomic mass is 19.1. The summed E-state index contributed by atoms with van der Waals surface area (Å²) in [4.78, 5) is 22.9. The lowest BCUT2D eigenvalue weighted by molar-refractivity contribution is 0.1000. The van der Waals surface area contributed by atoms with E-state index in [2.05, 4.69) is 0 Å². The Labute approximate surface area is 118 Å². The Bertz CT molecular complexity index is 774. The van der Waals surface area contributed by atoms with Crippen LogP contribution in [0.2, 0.25) is 0 Å². The number of carbonyl (C=O) groups is 1. The van der Waals surface area contributed by atoms with Gasteiger partial charge >= 0.3 is 0 Å². The molecule has 5 N–H and O–H groups in total. The largest absolute Gasteiger partial charge is 0.504 e. The van der Waals surface area contributed by atoms with E-state index in [1.807, 2.05) is 13.8 Å². The zero-order chi connectivity index (χ0) is 16.3. The van der Waals surface area contributed by atoms with Crippen molar-refractivity contribution in [3.05, 3.63) is 39.8 Å². The van der Waals surface area contributed by atoms with Crippen molar-refractivity contribution in [1.29, 1.82) is 0 Å². The average Bonchev–Trinajstić information content (AvgIpc) is 2.57. The van der Waals surface area contributed by atoms with E-state index >= 15 is 0 Å². The van der Waals surface area contributed by atoms with Gasteiger partial charge in [0.25, 0.3) is 0 Å². The molecular weight excluding hydrogens is 281 g/mol. The van der Waals surface area contributed by atoms with Crippen LogP contribution in [0.5, 0.6) is 17.2 Å². The van der Waals surface area contributed by atoms with Crippen LogP contribution in [-0.2, 0) is 0 Å². The topological polar surface area (TPSA) is 121 Å². The van der Waals surface area contributed by atoms with Gasteiger partial charge in [0, 0.05) is 5.56 Å². The number of benzene rings is 1. The second-order valence-corrected chi connectivity index (χ2v) is 3.84. The van der Waals surface area contributed by atoms with Crippen LogP contribution in [0.4, 0.5) is 4.39 Å². The molecule has 0 saturated heterocycles. The Balaban J connectivity index is 0.00000106. The number of primary amides is 1. The van der Waals surface area contributed by atoms with Crippen molar-refractivity contribution in [1.82, 2.24) is 0 Å². The molecule has 0 saturated carbocycles. The third-order valence-electron chi connectivity index (χ3n) is 2.61. The molecule has 21 heavy (non-hydrogen) atoms. The third kappa shape index (κ3) is 2.86. The zero-order valence-corrected chi connectivity index (χ0v) is 11.3. The predicted octanol–water partition coefficient (Wildman–Crippen LogP) is 1.58. The molecule has 112 valence electrons. The molecular formula is C14H14FNO5. The highest BCUT2D eigenvalue weighted by molar-refractivity contribution is 5.99. The van der Waals surface area contributed by atoms with Crippen LogP contribution in [0.25, 0.3) is 10.8 Å². The molecule has 0 spiro atoms. The van der Waals surface area contributed by atoms with Gasteiger partial charge in [-0.15, -0.1) is 0 Å². The molecule has 2 rings (SSSR count). The molecule has 1 amide bonds. The second-order valence-electron chi connectivity index (χ2n) is 3.84. The van der Waals surface area contributed by atoms with Gasteiger partial charge in [0.05, 0.1) is 5.39 Å². The Kier molecular flexibility index (Phi) is 4.70. The summed E-state index contributed by atoms with van der Waals surface area (Å²) in [6.07, 6.45) is 0. The fourth-order valence-corrected chi connectivity index (χ4v) is 1.69. The van der Waals surface area contributed by atoms with Gasteiger partial charge in [0.1, 0.15) is 0 Å². The van der Waals surface area contributed by atoms with Gasteiger partial charge in [-0.05, 0) is 23.6 Å². The number of aromatic hydroxyl groups is 3. The van der Waals surface area contributed by atoms with Gasteiger partial charge in [-0.3, -0.25) is 9.59 Å². The van der Waals surface area contributed by atoms with Gasteiger partial charge in [-0.1, -0.05) is 13.8 Å². The lowest BCUT2D eigenvalue weighted by atomic mass is 10.1. The number of nitrogens with two attached hydrogens (primary N) is 1. The number of fused-ring (bicyclic) bond motifs is 1. The lowest BCUT2D eigenvalue weighted by Gasteiger charge is -2.01. The molecule has 2 aromatic carbocycles. The van der Waals surface area contributed by atoms with Gasteiger partial charge in [-0.2, -0.15) is 0 Å². The summed E-state index contributed by atoms with van der Waals surface area (Å²) in [5.41, 5.74) is 3.73. The maximum absolute atomic E-state index is 13.3. The molecule has 0 atom stereocenters. The van der Waals surface area contributed by atoms with Crippen molar-refractivity contribution in [2.24, 2.45) is 5.73 Å². The Morgan fingerprint density at radius 2 is 1.67 bits per heavy atom. The smallest absolute Gasteiger partial charge is 0.248 e. The standard InChI is InChI=1S/C12H8FNO5.C2H6/c13-6-2-4-1-5(12(14)19)3-7(15)10(17)8(4)11(18)9(6)16;1-2/h1-3,16,18H,(H2,14,19)(H,15,17);1-2H3. The van der Waals surface area contributed by atoms with Gasteiger partial charge in [0.15, 0.2) is 23.1 Å². The quantitative estimate of drug-likeness (QED) is 0.595. The number of amides is 1. The van der Waals surface area contributed by atoms with Crippen molar-refractivity contribution in [3.63, 3.8) is 0 Å². The molecule has 7 heteroatoms. The van der Waals surface area contributed by atoms with E-state index in [4.69, 9.17) is 5.73 Å². The molecule has 0 heterocycles. The Morgan fingerprint density at radius 1 is 1.10 bits per heavy atom. The number of hydrogen-bond acceptors (Lipinski definition) is 5. The van der Waals surface area contributed by atoms with E-state index in [0.717, 1.165) is 18.2 Å². The maximum atomic E-state index is 13.3. The van der Waals surface area contributed by atoms with E-state index in [-0.39, 0.29) is 10.9 Å². The molecule has 0 fully saturated rings. The molecule has 0 aliphatic rings. The van der Waals surface area contributed by atoms with E-state index in [0.29, 0.717) is 0 Å². The predicted molar refractivity (Wildman–Crippen MR) is 75.0 cm³/mol. The lowest BCUT2D eigenvalue weighted by Crippen LogP contribution is -2.09. The Hall–Kier alpha value is -2.83. The van der Waals surface area contributed by atoms with Crippen molar-refractivity contribution in [2.75, 3.05) is 0 Å². The van der Waals surface area contributed by atoms with E-state index in [9.17, 15) is 29.3 Å². The molecule has 0 aromatic heterocycles. The van der Waals surface area contributed by atoms with Gasteiger partial charge < -0.3 is 21.1 Å².